The number of carboxylic acids is 1. The molecule has 133 heavy (non-hydrogen) atoms. The van der Waals surface area contributed by atoms with Crippen LogP contribution in [0.4, 0.5) is 0 Å². The van der Waals surface area contributed by atoms with E-state index in [1.165, 1.54) is 103 Å². The number of likely N-dealkylation sites (tertiary alicyclic amines) is 1. The number of nitrogens with one attached hydrogen (secondary N) is 9. The van der Waals surface area contributed by atoms with Crippen molar-refractivity contribution < 1.29 is 102 Å². The van der Waals surface area contributed by atoms with Crippen molar-refractivity contribution in [1.29, 1.82) is 0 Å². The molecule has 2 heterocycles. The SMILES string of the molecule is CC(C)C[C@H](NC(=O)[C@H](CC(C)C)NC(=O)[C@H](CCCCN)NC(=O)[C@H](CCCN=C(N)N)CC(=O)[C@@H]1CCCN1C(=O)[C@H](CCCN=C(N)N)CC(=O)[C@H](CCC(N)=O)NC(=O)[C@@H](C)CO)C(=O)N[C@@H](C)C(=O)N[C@@H](CCC(=O)O)C(N)=O.CCCCCCCCCCCCCCCC(=O)C[C@@H](Cc1cnc[nH]1)C(=O)N[C@@H](C)C(=O)C[C@H](C(=O)N[C@@H](CC(N)=O)C(=O)CC)[C@@H](C)O. The number of H-pyrrole nitrogens is 1. The summed E-state index contributed by atoms with van der Waals surface area (Å²) in [5.74, 6) is -17.9. The fourth-order valence-electron chi connectivity index (χ4n) is 15.2. The number of aromatic amines is 1. The molecule has 1 aromatic heterocycles. The average Bonchev–Trinajstić information content (AvgIpc) is 1.70. The van der Waals surface area contributed by atoms with Gasteiger partial charge in [-0.15, -0.1) is 0 Å². The van der Waals surface area contributed by atoms with Crippen molar-refractivity contribution >= 4 is 118 Å². The number of aromatic nitrogens is 2. The summed E-state index contributed by atoms with van der Waals surface area (Å²) in [4.78, 5) is 253. The number of unbranched alkanes of at least 4 members (excludes halogenated alkanes) is 13. The molecular weight excluding hydrogens is 1720 g/mol. The molecule has 42 heteroatoms. The van der Waals surface area contributed by atoms with E-state index in [9.17, 15) is 96.5 Å². The molecule has 42 nitrogen and oxygen atoms in total. The van der Waals surface area contributed by atoms with Gasteiger partial charge in [0.25, 0.3) is 0 Å². The van der Waals surface area contributed by atoms with E-state index < -0.39 is 229 Å². The highest BCUT2D eigenvalue weighted by Crippen LogP contribution is 2.29. The fourth-order valence-corrected chi connectivity index (χ4v) is 15.2. The predicted octanol–water partition coefficient (Wildman–Crippen LogP) is 1.44. The number of primary amides is 3. The van der Waals surface area contributed by atoms with Crippen LogP contribution in [0.25, 0.3) is 0 Å². The van der Waals surface area contributed by atoms with Gasteiger partial charge in [0.1, 0.15) is 36.0 Å². The lowest BCUT2D eigenvalue weighted by molar-refractivity contribution is -0.143. The van der Waals surface area contributed by atoms with Crippen LogP contribution in [0, 0.1) is 41.4 Å². The van der Waals surface area contributed by atoms with E-state index >= 15 is 0 Å². The summed E-state index contributed by atoms with van der Waals surface area (Å²) in [7, 11) is 0. The Bertz CT molecular complexity index is 3890. The van der Waals surface area contributed by atoms with Gasteiger partial charge in [-0.05, 0) is 129 Å². The Kier molecular flexibility index (Phi) is 60.8. The molecule has 0 spiro atoms. The molecule has 12 amide bonds. The summed E-state index contributed by atoms with van der Waals surface area (Å²) >= 11 is 0. The molecule has 15 atom stereocenters. The van der Waals surface area contributed by atoms with Gasteiger partial charge in [-0.2, -0.15) is 0 Å². The average molecular weight is 1880 g/mol. The van der Waals surface area contributed by atoms with E-state index in [-0.39, 0.29) is 146 Å². The quantitative estimate of drug-likeness (QED) is 0.0249. The van der Waals surface area contributed by atoms with Gasteiger partial charge in [-0.3, -0.25) is 96.3 Å². The number of carbonyl (C=O) groups is 18. The van der Waals surface area contributed by atoms with Crippen LogP contribution in [-0.2, 0) is 92.7 Å². The summed E-state index contributed by atoms with van der Waals surface area (Å²) in [5.41, 5.74) is 44.6. The summed E-state index contributed by atoms with van der Waals surface area (Å²) < 4.78 is 0. The third-order valence-corrected chi connectivity index (χ3v) is 23.0. The number of aliphatic carboxylic acids is 1. The molecule has 1 fully saturated rings. The molecule has 28 N–H and O–H groups in total. The van der Waals surface area contributed by atoms with E-state index in [0.717, 1.165) is 19.3 Å². The molecule has 1 aromatic rings. The number of hydrogen-bond acceptors (Lipinski definition) is 24. The zero-order valence-electron chi connectivity index (χ0n) is 80.1. The van der Waals surface area contributed by atoms with E-state index in [0.29, 0.717) is 31.4 Å². The maximum Gasteiger partial charge on any atom is 0.303 e. The molecule has 2 rings (SSSR count). The minimum Gasteiger partial charge on any atom is -0.481 e. The van der Waals surface area contributed by atoms with E-state index in [1.54, 1.807) is 40.8 Å². The highest BCUT2D eigenvalue weighted by atomic mass is 16.4. The second-order valence-corrected chi connectivity index (χ2v) is 35.8. The van der Waals surface area contributed by atoms with Crippen molar-refractivity contribution in [3.8, 4) is 0 Å². The first-order chi connectivity index (χ1) is 62.8. The molecule has 1 saturated heterocycles. The highest BCUT2D eigenvalue weighted by molar-refractivity contribution is 6.00. The van der Waals surface area contributed by atoms with Crippen molar-refractivity contribution in [3.63, 3.8) is 0 Å². The lowest BCUT2D eigenvalue weighted by Gasteiger charge is -2.30. The molecule has 0 bridgehead atoms. The predicted molar refractivity (Wildman–Crippen MR) is 500 cm³/mol. The molecule has 0 saturated carbocycles. The molecule has 1 aliphatic rings. The lowest BCUT2D eigenvalue weighted by atomic mass is 9.89. The number of aliphatic imine (C=N–C) groups is 2. The minimum absolute atomic E-state index is 0.0142. The Hall–Kier alpha value is -10.9. The van der Waals surface area contributed by atoms with Gasteiger partial charge < -0.3 is 114 Å². The zero-order valence-corrected chi connectivity index (χ0v) is 80.1. The third-order valence-electron chi connectivity index (χ3n) is 23.0. The number of carbonyl (C=O) groups excluding carboxylic acids is 17. The Labute approximate surface area is 782 Å². The van der Waals surface area contributed by atoms with Gasteiger partial charge in [0.05, 0.1) is 67.4 Å². The molecule has 1 aliphatic heterocycles. The van der Waals surface area contributed by atoms with Crippen molar-refractivity contribution in [3.05, 3.63) is 18.2 Å². The summed E-state index contributed by atoms with van der Waals surface area (Å²) in [6.45, 7) is 16.6. The number of imidazole rings is 1. The Balaban J connectivity index is 0.00000153. The number of hydrogen-bond donors (Lipinski definition) is 20. The number of Topliss-reactive ketones (excluding diaryl/α,β-unsaturated/α-hetero) is 5. The number of rotatable bonds is 73. The normalized spacial score (nSPS) is 15.5. The van der Waals surface area contributed by atoms with Crippen molar-refractivity contribution in [2.45, 2.75) is 361 Å². The molecule has 0 aromatic carbocycles. The number of nitrogens with zero attached hydrogens (tertiary/aromatic N) is 4. The van der Waals surface area contributed by atoms with Crippen LogP contribution in [-0.4, -0.2) is 241 Å². The topological polar surface area (TPSA) is 729 Å². The summed E-state index contributed by atoms with van der Waals surface area (Å²) in [5, 5.41) is 49.7. The van der Waals surface area contributed by atoms with Crippen LogP contribution in [0.5, 0.6) is 0 Å². The van der Waals surface area contributed by atoms with Crippen LogP contribution < -0.4 is 88.4 Å². The second-order valence-electron chi connectivity index (χ2n) is 35.8. The van der Waals surface area contributed by atoms with E-state index in [1.807, 2.05) is 0 Å². The van der Waals surface area contributed by atoms with Gasteiger partial charge in [0, 0.05) is 101 Å². The smallest absolute Gasteiger partial charge is 0.303 e. The summed E-state index contributed by atoms with van der Waals surface area (Å²) in [6.07, 6.45) is 17.6. The fraction of sp³-hybridized carbons (Fsp3) is 0.747. The molecule has 0 aliphatic carbocycles. The number of amides is 12. The van der Waals surface area contributed by atoms with Gasteiger partial charge in [-0.1, -0.05) is 126 Å². The van der Waals surface area contributed by atoms with Crippen LogP contribution in [0.1, 0.15) is 300 Å². The number of carboxylic acid groups (broad SMARTS) is 1. The first-order valence-corrected chi connectivity index (χ1v) is 47.3. The largest absolute Gasteiger partial charge is 0.481 e. The standard InChI is InChI=1S/C54H96N16O14.C37H63N5O7/c1-29(2)24-38(50(82)64-32(6)47(79)66-36(45(57)77)17-19-44(75)76)69-51(83)39(25-30(3)4)68-49(81)37(14-7-8-20-55)67-48(80)33(12-9-21-62-53(58)59)26-42(73)40-15-11-23-70(40)52(84)34(13-10-22-63-54(60)61)27-41(72)35(16-18-43(56)74)65-46(78)31(5)28-71;1-5-7-8-9-10-11-12-13-14-15-16-17-18-19-30(44)21-28(20-29-24-39-25-40-29)36(48)41-26(3)34(46)22-31(27(4)43)37(49)42-32(23-35(38)47)33(45)6-2/h29-40,71H,7-28,55H2,1-6H3,(H2,56,74)(H2,57,77)(H,64,82)(H,65,78)(H,66,79)(H,67,80)(H,68,81)(H,69,83)(H,75,76)(H4,58,59,62)(H4,60,61,63);24-28,31-32,43H,5-23H2,1-4H3,(H2,38,47)(H,39,40)(H,41,48)(H,42,49)/t31-,32-,33+,34+,35-,36-,37-,38-,39-,40-;26-,27+,28+,31-,32-/m00/s1. The number of aliphatic hydroxyl groups excluding tert-OH is 2. The monoisotopic (exact) mass is 1880 g/mol. The van der Waals surface area contributed by atoms with Gasteiger partial charge in [-0.25, -0.2) is 4.98 Å². The molecule has 0 radical (unpaired) electrons. The number of nitrogens with two attached hydrogens (primary N) is 8. The van der Waals surface area contributed by atoms with Gasteiger partial charge in [0.15, 0.2) is 35.1 Å². The maximum atomic E-state index is 14.6. The Morgan fingerprint density at radius 1 is 0.474 bits per heavy atom. The van der Waals surface area contributed by atoms with Crippen LogP contribution in [0.15, 0.2) is 22.5 Å². The van der Waals surface area contributed by atoms with E-state index in [4.69, 9.17) is 51.0 Å². The van der Waals surface area contributed by atoms with Crippen molar-refractivity contribution in [1.82, 2.24) is 57.4 Å². The highest BCUT2D eigenvalue weighted by Gasteiger charge is 2.42. The van der Waals surface area contributed by atoms with Crippen LogP contribution in [0.2, 0.25) is 0 Å². The van der Waals surface area contributed by atoms with Crippen LogP contribution >= 0.6 is 0 Å². The Morgan fingerprint density at radius 2 is 0.977 bits per heavy atom. The molecule has 0 unspecified atom stereocenters. The number of guanidine groups is 2. The minimum atomic E-state index is -1.34. The number of aliphatic hydroxyl groups is 2. The lowest BCUT2D eigenvalue weighted by Crippen LogP contribution is -2.59. The van der Waals surface area contributed by atoms with Gasteiger partial charge in [0.2, 0.25) is 70.9 Å². The van der Waals surface area contributed by atoms with Crippen LogP contribution in [0.3, 0.4) is 0 Å². The first kappa shape index (κ1) is 120. The number of ketones is 5. The third kappa shape index (κ3) is 51.8. The first-order valence-electron chi connectivity index (χ1n) is 47.3. The van der Waals surface area contributed by atoms with E-state index in [2.05, 4.69) is 69.4 Å². The van der Waals surface area contributed by atoms with Crippen molar-refractivity contribution in [2.24, 2.45) is 97.3 Å². The zero-order chi connectivity index (χ0) is 100. The maximum absolute atomic E-state index is 14.6. The molecular formula is C91H159N21O21. The Morgan fingerprint density at radius 3 is 1.47 bits per heavy atom. The molecule has 754 valence electrons. The van der Waals surface area contributed by atoms with Gasteiger partial charge >= 0.3 is 5.97 Å². The summed E-state index contributed by atoms with van der Waals surface area (Å²) in [6, 6.07) is -10.8. The second kappa shape index (κ2) is 67.3. The van der Waals surface area contributed by atoms with Crippen molar-refractivity contribution in [2.75, 3.05) is 32.8 Å².